The van der Waals surface area contributed by atoms with Crippen LogP contribution in [0.25, 0.3) is 6.08 Å². The standard InChI is InChI=1S/C32H33N3O3S/c1-6-33-27-19-28(38-5)22(17-25(27)21(2)20-32(33,3)4)18-26-29(36)34(23-13-9-7-10-14-23)31(39)35(30(26)37)24-15-11-8-12-16-24/h7-19,21H,6,20H2,1-5H3. The first-order valence-corrected chi connectivity index (χ1v) is 13.6. The number of ether oxygens (including phenoxy) is 1. The zero-order chi connectivity index (χ0) is 27.9. The van der Waals surface area contributed by atoms with Crippen LogP contribution in [0.5, 0.6) is 5.75 Å². The summed E-state index contributed by atoms with van der Waals surface area (Å²) in [6.45, 7) is 9.76. The van der Waals surface area contributed by atoms with Gasteiger partial charge in [-0.25, -0.2) is 0 Å². The van der Waals surface area contributed by atoms with Gasteiger partial charge in [0.05, 0.1) is 18.5 Å². The fourth-order valence-electron chi connectivity index (χ4n) is 5.91. The van der Waals surface area contributed by atoms with Crippen molar-refractivity contribution >= 4 is 52.3 Å². The van der Waals surface area contributed by atoms with Crippen molar-refractivity contribution in [2.24, 2.45) is 0 Å². The second kappa shape index (κ2) is 10.3. The van der Waals surface area contributed by atoms with Crippen molar-refractivity contribution in [1.82, 2.24) is 0 Å². The maximum atomic E-state index is 13.9. The number of carbonyl (C=O) groups is 2. The minimum Gasteiger partial charge on any atom is -0.496 e. The number of hydrogen-bond donors (Lipinski definition) is 0. The second-order valence-electron chi connectivity index (χ2n) is 10.6. The van der Waals surface area contributed by atoms with Crippen LogP contribution in [0.15, 0.2) is 78.4 Å². The molecule has 6 nitrogen and oxygen atoms in total. The number of hydrogen-bond acceptors (Lipinski definition) is 5. The van der Waals surface area contributed by atoms with E-state index < -0.39 is 11.8 Å². The lowest BCUT2D eigenvalue weighted by Crippen LogP contribution is -2.56. The van der Waals surface area contributed by atoms with E-state index in [4.69, 9.17) is 17.0 Å². The van der Waals surface area contributed by atoms with Crippen LogP contribution >= 0.6 is 12.2 Å². The van der Waals surface area contributed by atoms with Gasteiger partial charge in [0, 0.05) is 29.4 Å². The molecule has 1 unspecified atom stereocenters. The molecule has 5 rings (SSSR count). The Morgan fingerprint density at radius 1 is 0.949 bits per heavy atom. The predicted molar refractivity (Wildman–Crippen MR) is 162 cm³/mol. The maximum Gasteiger partial charge on any atom is 0.270 e. The summed E-state index contributed by atoms with van der Waals surface area (Å²) in [7, 11) is 1.61. The number of methoxy groups -OCH3 is 1. The van der Waals surface area contributed by atoms with Crippen molar-refractivity contribution in [1.29, 1.82) is 0 Å². The topological polar surface area (TPSA) is 53.1 Å². The number of benzene rings is 3. The maximum absolute atomic E-state index is 13.9. The van der Waals surface area contributed by atoms with Gasteiger partial charge in [-0.15, -0.1) is 0 Å². The third-order valence-corrected chi connectivity index (χ3v) is 8.00. The Balaban J connectivity index is 1.68. The van der Waals surface area contributed by atoms with E-state index in [1.165, 1.54) is 15.4 Å². The molecular weight excluding hydrogens is 506 g/mol. The first-order valence-electron chi connectivity index (χ1n) is 13.2. The number of thiocarbonyl (C=S) groups is 1. The van der Waals surface area contributed by atoms with E-state index >= 15 is 0 Å². The van der Waals surface area contributed by atoms with E-state index in [0.29, 0.717) is 28.6 Å². The molecule has 2 aliphatic heterocycles. The molecule has 1 fully saturated rings. The van der Waals surface area contributed by atoms with Gasteiger partial charge >= 0.3 is 0 Å². The third kappa shape index (κ3) is 4.61. The summed E-state index contributed by atoms with van der Waals surface area (Å²) in [6.07, 6.45) is 2.64. The van der Waals surface area contributed by atoms with Gasteiger partial charge in [-0.3, -0.25) is 19.4 Å². The smallest absolute Gasteiger partial charge is 0.270 e. The van der Waals surface area contributed by atoms with E-state index in [1.807, 2.05) is 66.7 Å². The van der Waals surface area contributed by atoms with Crippen molar-refractivity contribution in [2.75, 3.05) is 28.4 Å². The number of anilines is 3. The van der Waals surface area contributed by atoms with Crippen LogP contribution in [-0.2, 0) is 9.59 Å². The quantitative estimate of drug-likeness (QED) is 0.209. The van der Waals surface area contributed by atoms with Gasteiger partial charge in [-0.2, -0.15) is 0 Å². The summed E-state index contributed by atoms with van der Waals surface area (Å²) in [6, 6.07) is 22.4. The number of fused-ring (bicyclic) bond motifs is 1. The number of nitrogens with zero attached hydrogens (tertiary/aromatic N) is 3. The molecule has 0 saturated carbocycles. The van der Waals surface area contributed by atoms with Crippen LogP contribution in [-0.4, -0.2) is 36.1 Å². The van der Waals surface area contributed by atoms with Gasteiger partial charge in [-0.05, 0) is 87.3 Å². The van der Waals surface area contributed by atoms with E-state index in [2.05, 4.69) is 38.7 Å². The SMILES string of the molecule is CCN1c2cc(OC)c(C=C3C(=O)N(c4ccccc4)C(=S)N(c4ccccc4)C3=O)cc2C(C)CC1(C)C. The molecule has 1 atom stereocenters. The molecule has 0 bridgehead atoms. The van der Waals surface area contributed by atoms with E-state index in [9.17, 15) is 9.59 Å². The van der Waals surface area contributed by atoms with Gasteiger partial charge in [0.25, 0.3) is 11.8 Å². The molecule has 0 spiro atoms. The van der Waals surface area contributed by atoms with Crippen LogP contribution in [0.2, 0.25) is 0 Å². The molecule has 0 N–H and O–H groups in total. The largest absolute Gasteiger partial charge is 0.496 e. The minimum absolute atomic E-state index is 0.00350. The molecule has 1 saturated heterocycles. The van der Waals surface area contributed by atoms with E-state index in [1.54, 1.807) is 13.2 Å². The summed E-state index contributed by atoms with van der Waals surface area (Å²) in [5, 5.41) is 0.117. The molecule has 2 amide bonds. The highest BCUT2D eigenvalue weighted by atomic mass is 32.1. The molecule has 7 heteroatoms. The highest BCUT2D eigenvalue weighted by molar-refractivity contribution is 7.81. The monoisotopic (exact) mass is 539 g/mol. The average molecular weight is 540 g/mol. The van der Waals surface area contributed by atoms with E-state index in [-0.39, 0.29) is 16.2 Å². The Labute approximate surface area is 235 Å². The summed E-state index contributed by atoms with van der Waals surface area (Å²) in [5.74, 6) is -0.0243. The normalized spacial score (nSPS) is 18.8. The zero-order valence-electron chi connectivity index (χ0n) is 23.0. The fourth-order valence-corrected chi connectivity index (χ4v) is 6.29. The fraction of sp³-hybridized carbons (Fsp3) is 0.281. The Bertz CT molecular complexity index is 1400. The Morgan fingerprint density at radius 2 is 1.49 bits per heavy atom. The van der Waals surface area contributed by atoms with Crippen molar-refractivity contribution in [3.63, 3.8) is 0 Å². The minimum atomic E-state index is -0.465. The second-order valence-corrected chi connectivity index (χ2v) is 11.0. The molecule has 2 aliphatic rings. The summed E-state index contributed by atoms with van der Waals surface area (Å²) in [5.41, 5.74) is 4.20. The van der Waals surface area contributed by atoms with Gasteiger partial charge in [0.2, 0.25) is 0 Å². The van der Waals surface area contributed by atoms with Gasteiger partial charge in [0.15, 0.2) is 5.11 Å². The molecule has 39 heavy (non-hydrogen) atoms. The lowest BCUT2D eigenvalue weighted by Gasteiger charge is -2.47. The first-order chi connectivity index (χ1) is 18.7. The van der Waals surface area contributed by atoms with Crippen LogP contribution in [0.1, 0.15) is 51.2 Å². The van der Waals surface area contributed by atoms with Gasteiger partial charge in [0.1, 0.15) is 11.3 Å². The Hall–Kier alpha value is -3.97. The Kier molecular flexibility index (Phi) is 7.03. The van der Waals surface area contributed by atoms with Crippen LogP contribution in [0, 0.1) is 0 Å². The van der Waals surface area contributed by atoms with Crippen LogP contribution < -0.4 is 19.4 Å². The summed E-state index contributed by atoms with van der Waals surface area (Å²) in [4.78, 5) is 33.1. The molecule has 3 aromatic rings. The van der Waals surface area contributed by atoms with Gasteiger partial charge < -0.3 is 9.64 Å². The molecule has 200 valence electrons. The molecular formula is C32H33N3O3S. The number of para-hydroxylation sites is 2. The molecule has 0 aromatic heterocycles. The van der Waals surface area contributed by atoms with Crippen LogP contribution in [0.4, 0.5) is 17.1 Å². The molecule has 0 aliphatic carbocycles. The predicted octanol–water partition coefficient (Wildman–Crippen LogP) is 6.56. The van der Waals surface area contributed by atoms with Gasteiger partial charge in [-0.1, -0.05) is 43.3 Å². The molecule has 2 heterocycles. The number of amides is 2. The van der Waals surface area contributed by atoms with Crippen molar-refractivity contribution in [3.8, 4) is 5.75 Å². The highest BCUT2D eigenvalue weighted by Crippen LogP contribution is 2.46. The Morgan fingerprint density at radius 3 is 1.97 bits per heavy atom. The van der Waals surface area contributed by atoms with E-state index in [0.717, 1.165) is 18.7 Å². The van der Waals surface area contributed by atoms with Crippen molar-refractivity contribution in [2.45, 2.75) is 45.6 Å². The number of rotatable bonds is 5. The molecule has 0 radical (unpaired) electrons. The number of carbonyl (C=O) groups excluding carboxylic acids is 2. The van der Waals surface area contributed by atoms with Crippen molar-refractivity contribution in [3.05, 3.63) is 89.5 Å². The first kappa shape index (κ1) is 26.6. The zero-order valence-corrected chi connectivity index (χ0v) is 23.8. The highest BCUT2D eigenvalue weighted by Gasteiger charge is 2.42. The summed E-state index contributed by atoms with van der Waals surface area (Å²) >= 11 is 5.73. The van der Waals surface area contributed by atoms with Crippen molar-refractivity contribution < 1.29 is 14.3 Å². The lowest BCUT2D eigenvalue weighted by atomic mass is 9.79. The molecule has 3 aromatic carbocycles. The van der Waals surface area contributed by atoms with Crippen LogP contribution in [0.3, 0.4) is 0 Å². The third-order valence-electron chi connectivity index (χ3n) is 7.63. The average Bonchev–Trinajstić information content (AvgIpc) is 2.92. The summed E-state index contributed by atoms with van der Waals surface area (Å²) < 4.78 is 5.82. The lowest BCUT2D eigenvalue weighted by molar-refractivity contribution is -0.120.